The van der Waals surface area contributed by atoms with Gasteiger partial charge in [-0.1, -0.05) is 12.1 Å². The molecule has 1 saturated heterocycles. The molecule has 2 N–H and O–H groups in total. The molecule has 2 atom stereocenters. The van der Waals surface area contributed by atoms with Gasteiger partial charge in [0.05, 0.1) is 7.11 Å². The Bertz CT molecular complexity index is 435. The molecule has 0 amide bonds. The van der Waals surface area contributed by atoms with Crippen LogP contribution in [-0.4, -0.2) is 36.0 Å². The van der Waals surface area contributed by atoms with Crippen LogP contribution in [0.5, 0.6) is 5.75 Å². The van der Waals surface area contributed by atoms with Crippen LogP contribution in [0.4, 0.5) is 0 Å². The highest BCUT2D eigenvalue weighted by atomic mass is 32.2. The van der Waals surface area contributed by atoms with Crippen LogP contribution in [0.1, 0.15) is 24.8 Å². The lowest BCUT2D eigenvalue weighted by molar-refractivity contribution is -0.137. The number of thioether (sulfide) groups is 1. The maximum Gasteiger partial charge on any atom is 0.303 e. The van der Waals surface area contributed by atoms with E-state index < -0.39 is 5.97 Å². The normalized spacial score (nSPS) is 21.9. The highest BCUT2D eigenvalue weighted by molar-refractivity contribution is 7.99. The van der Waals surface area contributed by atoms with E-state index >= 15 is 0 Å². The number of carboxylic acid groups (broad SMARTS) is 1. The van der Waals surface area contributed by atoms with E-state index in [1.807, 2.05) is 23.9 Å². The van der Waals surface area contributed by atoms with Crippen molar-refractivity contribution in [3.63, 3.8) is 0 Å². The number of ether oxygens (including phenoxy) is 1. The summed E-state index contributed by atoms with van der Waals surface area (Å²) in [7, 11) is 1.67. The molecule has 1 fully saturated rings. The average molecular weight is 295 g/mol. The van der Waals surface area contributed by atoms with Crippen molar-refractivity contribution in [2.45, 2.75) is 36.3 Å². The van der Waals surface area contributed by atoms with Crippen LogP contribution in [0.2, 0.25) is 0 Å². The minimum atomic E-state index is -0.707. The number of aliphatic carboxylic acids is 1. The first-order valence-electron chi connectivity index (χ1n) is 6.87. The Balaban J connectivity index is 1.70. The Kier molecular flexibility index (Phi) is 5.73. The van der Waals surface area contributed by atoms with E-state index in [4.69, 9.17) is 9.84 Å². The van der Waals surface area contributed by atoms with Crippen molar-refractivity contribution >= 4 is 17.7 Å². The van der Waals surface area contributed by atoms with Crippen molar-refractivity contribution in [1.82, 2.24) is 5.32 Å². The van der Waals surface area contributed by atoms with Gasteiger partial charge in [-0.05, 0) is 30.5 Å². The van der Waals surface area contributed by atoms with E-state index in [1.54, 1.807) is 7.11 Å². The predicted octanol–water partition coefficient (Wildman–Crippen LogP) is 2.52. The molecule has 0 bridgehead atoms. The van der Waals surface area contributed by atoms with Gasteiger partial charge in [0, 0.05) is 30.0 Å². The summed E-state index contributed by atoms with van der Waals surface area (Å²) >= 11 is 1.94. The molecule has 1 aliphatic rings. The summed E-state index contributed by atoms with van der Waals surface area (Å²) < 4.78 is 5.14. The molecule has 0 aromatic heterocycles. The molecule has 2 unspecified atom stereocenters. The van der Waals surface area contributed by atoms with Crippen molar-refractivity contribution in [1.29, 1.82) is 0 Å². The van der Waals surface area contributed by atoms with Gasteiger partial charge in [-0.3, -0.25) is 4.79 Å². The Labute approximate surface area is 123 Å². The standard InChI is InChI=1S/C15H21NO3S/c1-19-13-5-2-11(3-6-13)10-20-14-8-12(16-9-14)4-7-15(17)18/h2-3,5-6,12,14,16H,4,7-10H2,1H3,(H,17,18). The molecule has 1 aromatic carbocycles. The van der Waals surface area contributed by atoms with E-state index in [2.05, 4.69) is 17.4 Å². The van der Waals surface area contributed by atoms with E-state index in [1.165, 1.54) is 5.56 Å². The van der Waals surface area contributed by atoms with E-state index in [9.17, 15) is 4.79 Å². The van der Waals surface area contributed by atoms with Crippen molar-refractivity contribution in [3.8, 4) is 5.75 Å². The Hall–Kier alpha value is -1.20. The molecule has 1 aromatic rings. The average Bonchev–Trinajstić information content (AvgIpc) is 2.91. The van der Waals surface area contributed by atoms with Gasteiger partial charge in [0.15, 0.2) is 0 Å². The second-order valence-electron chi connectivity index (χ2n) is 5.05. The Morgan fingerprint density at radius 1 is 1.45 bits per heavy atom. The largest absolute Gasteiger partial charge is 0.497 e. The quantitative estimate of drug-likeness (QED) is 0.809. The van der Waals surface area contributed by atoms with E-state index in [-0.39, 0.29) is 6.42 Å². The fourth-order valence-electron chi connectivity index (χ4n) is 2.36. The van der Waals surface area contributed by atoms with Crippen LogP contribution in [0.15, 0.2) is 24.3 Å². The minimum Gasteiger partial charge on any atom is -0.497 e. The fourth-order valence-corrected chi connectivity index (χ4v) is 3.57. The summed E-state index contributed by atoms with van der Waals surface area (Å²) in [5.41, 5.74) is 1.30. The second-order valence-corrected chi connectivity index (χ2v) is 6.34. The molecule has 20 heavy (non-hydrogen) atoms. The molecule has 0 radical (unpaired) electrons. The number of carbonyl (C=O) groups is 1. The number of rotatable bonds is 7. The topological polar surface area (TPSA) is 58.6 Å². The van der Waals surface area contributed by atoms with Crippen molar-refractivity contribution in [2.75, 3.05) is 13.7 Å². The number of nitrogens with one attached hydrogen (secondary N) is 1. The lowest BCUT2D eigenvalue weighted by Crippen LogP contribution is -2.22. The molecule has 1 aliphatic heterocycles. The minimum absolute atomic E-state index is 0.257. The summed E-state index contributed by atoms with van der Waals surface area (Å²) in [5.74, 6) is 1.17. The van der Waals surface area contributed by atoms with Gasteiger partial charge >= 0.3 is 5.97 Å². The van der Waals surface area contributed by atoms with Gasteiger partial charge in [0.2, 0.25) is 0 Å². The molecule has 5 heteroatoms. The summed E-state index contributed by atoms with van der Waals surface area (Å²) in [4.78, 5) is 10.6. The van der Waals surface area contributed by atoms with Crippen LogP contribution in [0.25, 0.3) is 0 Å². The molecule has 110 valence electrons. The number of hydrogen-bond donors (Lipinski definition) is 2. The van der Waals surface area contributed by atoms with Crippen LogP contribution in [-0.2, 0) is 10.5 Å². The molecule has 2 rings (SSSR count). The lowest BCUT2D eigenvalue weighted by atomic mass is 10.1. The van der Waals surface area contributed by atoms with Crippen LogP contribution in [0, 0.1) is 0 Å². The lowest BCUT2D eigenvalue weighted by Gasteiger charge is -2.10. The fraction of sp³-hybridized carbons (Fsp3) is 0.533. The third-order valence-electron chi connectivity index (χ3n) is 3.53. The zero-order valence-corrected chi connectivity index (χ0v) is 12.5. The molecule has 0 saturated carbocycles. The summed E-state index contributed by atoms with van der Waals surface area (Å²) in [6, 6.07) is 8.52. The number of hydrogen-bond acceptors (Lipinski definition) is 4. The van der Waals surface area contributed by atoms with Crippen molar-refractivity contribution in [2.24, 2.45) is 0 Å². The number of carboxylic acids is 1. The molecular formula is C15H21NO3S. The third-order valence-corrected chi connectivity index (χ3v) is 4.86. The van der Waals surface area contributed by atoms with E-state index in [0.717, 1.165) is 30.9 Å². The number of benzene rings is 1. The van der Waals surface area contributed by atoms with E-state index in [0.29, 0.717) is 11.3 Å². The third kappa shape index (κ3) is 4.72. The predicted molar refractivity (Wildman–Crippen MR) is 81.4 cm³/mol. The molecule has 4 nitrogen and oxygen atoms in total. The molecular weight excluding hydrogens is 274 g/mol. The van der Waals surface area contributed by atoms with Gasteiger partial charge in [0.25, 0.3) is 0 Å². The second kappa shape index (κ2) is 7.55. The zero-order valence-electron chi connectivity index (χ0n) is 11.7. The van der Waals surface area contributed by atoms with Crippen molar-refractivity contribution < 1.29 is 14.6 Å². The summed E-state index contributed by atoms with van der Waals surface area (Å²) in [6.07, 6.45) is 2.05. The first-order valence-corrected chi connectivity index (χ1v) is 7.92. The van der Waals surface area contributed by atoms with Crippen LogP contribution >= 0.6 is 11.8 Å². The van der Waals surface area contributed by atoms with Crippen molar-refractivity contribution in [3.05, 3.63) is 29.8 Å². The Morgan fingerprint density at radius 2 is 2.20 bits per heavy atom. The zero-order chi connectivity index (χ0) is 14.4. The first kappa shape index (κ1) is 15.2. The van der Waals surface area contributed by atoms with Gasteiger partial charge < -0.3 is 15.2 Å². The SMILES string of the molecule is COc1ccc(CSC2CNC(CCC(=O)O)C2)cc1. The van der Waals surface area contributed by atoms with Gasteiger partial charge in [-0.25, -0.2) is 0 Å². The molecule has 0 aliphatic carbocycles. The molecule has 0 spiro atoms. The van der Waals surface area contributed by atoms with Gasteiger partial charge in [-0.2, -0.15) is 11.8 Å². The highest BCUT2D eigenvalue weighted by Gasteiger charge is 2.24. The summed E-state index contributed by atoms with van der Waals surface area (Å²) in [6.45, 7) is 0.977. The molecule has 1 heterocycles. The van der Waals surface area contributed by atoms with Gasteiger partial charge in [0.1, 0.15) is 5.75 Å². The maximum absolute atomic E-state index is 10.6. The van der Waals surface area contributed by atoms with Crippen LogP contribution < -0.4 is 10.1 Å². The monoisotopic (exact) mass is 295 g/mol. The first-order chi connectivity index (χ1) is 9.67. The number of methoxy groups -OCH3 is 1. The van der Waals surface area contributed by atoms with Gasteiger partial charge in [-0.15, -0.1) is 0 Å². The summed E-state index contributed by atoms with van der Waals surface area (Å²) in [5, 5.41) is 12.7. The van der Waals surface area contributed by atoms with Crippen LogP contribution in [0.3, 0.4) is 0 Å². The smallest absolute Gasteiger partial charge is 0.303 e. The maximum atomic E-state index is 10.6. The Morgan fingerprint density at radius 3 is 2.85 bits per heavy atom. The highest BCUT2D eigenvalue weighted by Crippen LogP contribution is 2.26.